The number of imidazole rings is 1. The lowest BCUT2D eigenvalue weighted by Gasteiger charge is -2.01. The van der Waals surface area contributed by atoms with Crippen LogP contribution in [0.25, 0.3) is 5.57 Å². The van der Waals surface area contributed by atoms with Crippen LogP contribution < -0.4 is 0 Å². The van der Waals surface area contributed by atoms with Crippen LogP contribution in [0.4, 0.5) is 13.2 Å². The number of nitrogens with zero attached hydrogens (tertiary/aromatic N) is 2. The highest BCUT2D eigenvalue weighted by molar-refractivity contribution is 5.71. The maximum atomic E-state index is 12.5. The van der Waals surface area contributed by atoms with E-state index in [2.05, 4.69) is 11.6 Å². The molecule has 1 aromatic heterocycles. The molecule has 0 atom stereocenters. The van der Waals surface area contributed by atoms with Crippen LogP contribution in [0.5, 0.6) is 0 Å². The van der Waals surface area contributed by atoms with Crippen molar-refractivity contribution in [3.8, 4) is 0 Å². The Morgan fingerprint density at radius 2 is 2.12 bits per heavy atom. The number of halogens is 3. The van der Waals surface area contributed by atoms with Crippen molar-refractivity contribution in [3.05, 3.63) is 48.6 Å². The average molecular weight is 242 g/mol. The lowest BCUT2D eigenvalue weighted by atomic mass is 10.2. The molecule has 5 heteroatoms. The molecule has 0 fully saturated rings. The predicted octanol–water partition coefficient (Wildman–Crippen LogP) is 3.58. The summed E-state index contributed by atoms with van der Waals surface area (Å²) in [5, 5.41) is 0. The Kier molecular flexibility index (Phi) is 3.93. The van der Waals surface area contributed by atoms with E-state index in [0.29, 0.717) is 5.57 Å². The summed E-state index contributed by atoms with van der Waals surface area (Å²) in [4.78, 5) is 3.59. The Hall–Kier alpha value is -1.78. The van der Waals surface area contributed by atoms with E-state index in [1.807, 2.05) is 0 Å². The first kappa shape index (κ1) is 13.3. The summed E-state index contributed by atoms with van der Waals surface area (Å²) in [5.74, 6) is 0.260. The molecule has 1 heterocycles. The molecule has 0 saturated carbocycles. The molecule has 1 aromatic rings. The van der Waals surface area contributed by atoms with Gasteiger partial charge in [0.2, 0.25) is 0 Å². The molecule has 0 saturated heterocycles. The molecule has 1 rings (SSSR count). The van der Waals surface area contributed by atoms with Gasteiger partial charge in [-0.2, -0.15) is 13.2 Å². The molecule has 2 nitrogen and oxygen atoms in total. The summed E-state index contributed by atoms with van der Waals surface area (Å²) in [6.07, 6.45) is 3.09. The van der Waals surface area contributed by atoms with Crippen molar-refractivity contribution in [1.82, 2.24) is 9.55 Å². The van der Waals surface area contributed by atoms with Gasteiger partial charge in [-0.25, -0.2) is 4.98 Å². The molecule has 0 unspecified atom stereocenters. The van der Waals surface area contributed by atoms with Gasteiger partial charge >= 0.3 is 6.18 Å². The predicted molar refractivity (Wildman–Crippen MR) is 61.2 cm³/mol. The summed E-state index contributed by atoms with van der Waals surface area (Å²) in [6, 6.07) is 0. The summed E-state index contributed by atoms with van der Waals surface area (Å²) in [5.41, 5.74) is -0.310. The minimum atomic E-state index is -4.43. The number of aromatic nitrogens is 2. The summed E-state index contributed by atoms with van der Waals surface area (Å²) in [6.45, 7) is 5.31. The standard InChI is InChI=1S/C12H13F3N2/c1-4-6-9(7-5-2)11-16-10(8-17(11)3)12(13,14)15/h4-8H,1H2,2-3H3/b7-5-,9-6+. The van der Waals surface area contributed by atoms with Gasteiger partial charge in [0.25, 0.3) is 0 Å². The highest BCUT2D eigenvalue weighted by Crippen LogP contribution is 2.29. The molecule has 92 valence electrons. The second kappa shape index (κ2) is 5.03. The van der Waals surface area contributed by atoms with Crippen molar-refractivity contribution in [2.75, 3.05) is 0 Å². The molecule has 0 aliphatic rings. The lowest BCUT2D eigenvalue weighted by Crippen LogP contribution is -2.05. The van der Waals surface area contributed by atoms with Gasteiger partial charge in [0, 0.05) is 18.8 Å². The molecule has 0 aliphatic carbocycles. The van der Waals surface area contributed by atoms with E-state index in [4.69, 9.17) is 0 Å². The van der Waals surface area contributed by atoms with Gasteiger partial charge in [-0.3, -0.25) is 0 Å². The largest absolute Gasteiger partial charge is 0.434 e. The van der Waals surface area contributed by atoms with Crippen LogP contribution in [0.15, 0.2) is 37.1 Å². The monoisotopic (exact) mass is 242 g/mol. The second-order valence-corrected chi connectivity index (χ2v) is 3.42. The molecule has 17 heavy (non-hydrogen) atoms. The van der Waals surface area contributed by atoms with Crippen LogP contribution >= 0.6 is 0 Å². The molecule has 0 spiro atoms. The molecule has 0 bridgehead atoms. The van der Waals surface area contributed by atoms with E-state index in [1.54, 1.807) is 25.2 Å². The van der Waals surface area contributed by atoms with Crippen LogP contribution in [0, 0.1) is 0 Å². The third-order valence-corrected chi connectivity index (χ3v) is 2.07. The van der Waals surface area contributed by atoms with Gasteiger partial charge in [0.1, 0.15) is 5.82 Å². The number of hydrogen-bond donors (Lipinski definition) is 0. The molecule has 0 aromatic carbocycles. The summed E-state index contributed by atoms with van der Waals surface area (Å²) < 4.78 is 38.8. The van der Waals surface area contributed by atoms with Gasteiger partial charge in [-0.1, -0.05) is 30.9 Å². The maximum absolute atomic E-state index is 12.5. The van der Waals surface area contributed by atoms with E-state index < -0.39 is 11.9 Å². The number of rotatable bonds is 3. The normalized spacial score (nSPS) is 13.4. The molecular formula is C12H13F3N2. The number of alkyl halides is 3. The lowest BCUT2D eigenvalue weighted by molar-refractivity contribution is -0.141. The Morgan fingerprint density at radius 1 is 1.47 bits per heavy atom. The number of allylic oxidation sites excluding steroid dienone is 5. The van der Waals surface area contributed by atoms with Gasteiger partial charge in [-0.05, 0) is 6.92 Å². The zero-order valence-electron chi connectivity index (χ0n) is 9.62. The van der Waals surface area contributed by atoms with Crippen molar-refractivity contribution >= 4 is 5.57 Å². The maximum Gasteiger partial charge on any atom is 0.434 e. The third-order valence-electron chi connectivity index (χ3n) is 2.07. The second-order valence-electron chi connectivity index (χ2n) is 3.42. The van der Waals surface area contributed by atoms with Gasteiger partial charge < -0.3 is 4.57 Å². The highest BCUT2D eigenvalue weighted by atomic mass is 19.4. The van der Waals surface area contributed by atoms with Crippen LogP contribution in [-0.2, 0) is 13.2 Å². The topological polar surface area (TPSA) is 17.8 Å². The fraction of sp³-hybridized carbons (Fsp3) is 0.250. The Bertz CT molecular complexity index is 465. The first-order chi connectivity index (χ1) is 7.90. The van der Waals surface area contributed by atoms with Gasteiger partial charge in [-0.15, -0.1) is 0 Å². The molecule has 0 amide bonds. The van der Waals surface area contributed by atoms with Crippen molar-refractivity contribution in [2.45, 2.75) is 13.1 Å². The van der Waals surface area contributed by atoms with Crippen LogP contribution in [0.1, 0.15) is 18.4 Å². The average Bonchev–Trinajstić information content (AvgIpc) is 2.59. The first-order valence-electron chi connectivity index (χ1n) is 4.96. The quantitative estimate of drug-likeness (QED) is 0.741. The van der Waals surface area contributed by atoms with E-state index in [1.165, 1.54) is 17.7 Å². The minimum absolute atomic E-state index is 0.260. The van der Waals surface area contributed by atoms with Crippen LogP contribution in [-0.4, -0.2) is 9.55 Å². The van der Waals surface area contributed by atoms with Crippen molar-refractivity contribution < 1.29 is 13.2 Å². The summed E-state index contributed by atoms with van der Waals surface area (Å²) in [7, 11) is 1.53. The van der Waals surface area contributed by atoms with E-state index in [0.717, 1.165) is 6.20 Å². The number of aryl methyl sites for hydroxylation is 1. The molecular weight excluding hydrogens is 229 g/mol. The Labute approximate surface area is 97.8 Å². The fourth-order valence-electron chi connectivity index (χ4n) is 1.38. The first-order valence-corrected chi connectivity index (χ1v) is 4.96. The van der Waals surface area contributed by atoms with Crippen molar-refractivity contribution in [3.63, 3.8) is 0 Å². The van der Waals surface area contributed by atoms with Crippen LogP contribution in [0.3, 0.4) is 0 Å². The zero-order chi connectivity index (χ0) is 13.1. The van der Waals surface area contributed by atoms with Gasteiger partial charge in [0.15, 0.2) is 5.69 Å². The van der Waals surface area contributed by atoms with E-state index >= 15 is 0 Å². The number of hydrogen-bond acceptors (Lipinski definition) is 1. The molecule has 0 radical (unpaired) electrons. The third kappa shape index (κ3) is 3.09. The highest BCUT2D eigenvalue weighted by Gasteiger charge is 2.34. The smallest absolute Gasteiger partial charge is 0.333 e. The molecule has 0 N–H and O–H groups in total. The van der Waals surface area contributed by atoms with Crippen molar-refractivity contribution in [2.24, 2.45) is 7.05 Å². The minimum Gasteiger partial charge on any atom is -0.333 e. The van der Waals surface area contributed by atoms with Crippen molar-refractivity contribution in [1.29, 1.82) is 0 Å². The Balaban J connectivity index is 3.27. The van der Waals surface area contributed by atoms with Gasteiger partial charge in [0.05, 0.1) is 0 Å². The van der Waals surface area contributed by atoms with Crippen LogP contribution in [0.2, 0.25) is 0 Å². The Morgan fingerprint density at radius 3 is 2.53 bits per heavy atom. The summed E-state index contributed by atoms with van der Waals surface area (Å²) >= 11 is 0. The van der Waals surface area contributed by atoms with E-state index in [9.17, 15) is 13.2 Å². The molecule has 0 aliphatic heterocycles. The van der Waals surface area contributed by atoms with E-state index in [-0.39, 0.29) is 5.82 Å². The SMILES string of the molecule is C=C/C=C(\C=C/C)c1nc(C(F)(F)F)cn1C. The fourth-order valence-corrected chi connectivity index (χ4v) is 1.38. The zero-order valence-corrected chi connectivity index (χ0v) is 9.62.